The van der Waals surface area contributed by atoms with Gasteiger partial charge in [-0.05, 0) is 42.0 Å². The summed E-state index contributed by atoms with van der Waals surface area (Å²) in [6.07, 6.45) is -1.84. The molecule has 0 aliphatic heterocycles. The Labute approximate surface area is 190 Å². The zero-order chi connectivity index (χ0) is 23.7. The van der Waals surface area contributed by atoms with Crippen molar-refractivity contribution in [3.05, 3.63) is 88.2 Å². The van der Waals surface area contributed by atoms with E-state index in [0.717, 1.165) is 5.56 Å². The molecular weight excluding hydrogens is 472 g/mol. The fourth-order valence-corrected chi connectivity index (χ4v) is 2.52. The van der Waals surface area contributed by atoms with E-state index >= 15 is 0 Å². The number of anilines is 1. The van der Waals surface area contributed by atoms with Crippen LogP contribution in [0.4, 0.5) is 18.9 Å². The summed E-state index contributed by atoms with van der Waals surface area (Å²) in [6, 6.07) is 15.7. The number of amides is 1. The van der Waals surface area contributed by atoms with Crippen molar-refractivity contribution in [3.63, 3.8) is 0 Å². The van der Waals surface area contributed by atoms with E-state index in [1.54, 1.807) is 60.9 Å². The molecule has 1 aromatic heterocycles. The van der Waals surface area contributed by atoms with E-state index in [-0.39, 0.29) is 12.5 Å². The van der Waals surface area contributed by atoms with Gasteiger partial charge in [-0.2, -0.15) is 13.2 Å². The zero-order valence-electron chi connectivity index (χ0n) is 16.1. The molecule has 0 bridgehead atoms. The number of alkyl halides is 3. The molecule has 2 aromatic carbocycles. The second kappa shape index (κ2) is 11.4. The van der Waals surface area contributed by atoms with Gasteiger partial charge in [0.2, 0.25) is 0 Å². The Bertz CT molecular complexity index is 1080. The quantitative estimate of drug-likeness (QED) is 0.471. The van der Waals surface area contributed by atoms with Crippen LogP contribution in [0.1, 0.15) is 15.9 Å². The first-order valence-electron chi connectivity index (χ1n) is 8.74. The lowest BCUT2D eigenvalue weighted by Crippen LogP contribution is -2.21. The summed E-state index contributed by atoms with van der Waals surface area (Å²) in [5.74, 6) is -2.46. The third-order valence-electron chi connectivity index (χ3n) is 3.66. The highest BCUT2D eigenvalue weighted by molar-refractivity contribution is 6.34. The lowest BCUT2D eigenvalue weighted by atomic mass is 10.1. The molecule has 0 unspecified atom stereocenters. The Balaban J connectivity index is 0.000000451. The van der Waals surface area contributed by atoms with E-state index in [4.69, 9.17) is 37.8 Å². The van der Waals surface area contributed by atoms with Crippen LogP contribution < -0.4 is 10.1 Å². The number of aromatic nitrogens is 1. The predicted molar refractivity (Wildman–Crippen MR) is 113 cm³/mol. The number of hydrogen-bond acceptors (Lipinski definition) is 4. The zero-order valence-corrected chi connectivity index (χ0v) is 17.6. The van der Waals surface area contributed by atoms with Crippen LogP contribution in [0, 0.1) is 0 Å². The number of benzene rings is 2. The number of aliphatic carboxylic acids is 1. The van der Waals surface area contributed by atoms with Crippen molar-refractivity contribution in [2.45, 2.75) is 12.8 Å². The van der Waals surface area contributed by atoms with Crippen LogP contribution >= 0.6 is 23.2 Å². The van der Waals surface area contributed by atoms with Crippen molar-refractivity contribution in [1.29, 1.82) is 0 Å². The molecule has 1 heterocycles. The lowest BCUT2D eigenvalue weighted by molar-refractivity contribution is -0.192. The molecule has 0 aliphatic rings. The summed E-state index contributed by atoms with van der Waals surface area (Å²) < 4.78 is 37.4. The smallest absolute Gasteiger partial charge is 0.487 e. The van der Waals surface area contributed by atoms with Crippen molar-refractivity contribution >= 4 is 40.8 Å². The third-order valence-corrected chi connectivity index (χ3v) is 4.20. The molecule has 11 heteroatoms. The Hall–Kier alpha value is -3.30. The number of carboxylic acid groups (broad SMARTS) is 1. The molecule has 32 heavy (non-hydrogen) atoms. The molecule has 0 fully saturated rings. The second-order valence-electron chi connectivity index (χ2n) is 6.06. The van der Waals surface area contributed by atoms with Gasteiger partial charge in [-0.3, -0.25) is 9.78 Å². The monoisotopic (exact) mass is 486 g/mol. The molecule has 3 rings (SSSR count). The van der Waals surface area contributed by atoms with Gasteiger partial charge in [0.05, 0.1) is 5.02 Å². The molecule has 0 spiro atoms. The van der Waals surface area contributed by atoms with E-state index in [9.17, 15) is 18.0 Å². The van der Waals surface area contributed by atoms with Crippen LogP contribution in [0.15, 0.2) is 67.0 Å². The summed E-state index contributed by atoms with van der Waals surface area (Å²) in [5, 5.41) is 11.0. The van der Waals surface area contributed by atoms with Crippen LogP contribution in [0.5, 0.6) is 5.75 Å². The van der Waals surface area contributed by atoms with Crippen LogP contribution in [-0.2, 0) is 11.4 Å². The topological polar surface area (TPSA) is 88.5 Å². The van der Waals surface area contributed by atoms with Crippen molar-refractivity contribution < 1.29 is 32.6 Å². The normalized spacial score (nSPS) is 10.5. The standard InChI is InChI=1S/C19H14Cl2N2O2.C2HF3O2/c20-15-4-5-17(21)18(11-15)25-12-13-2-1-3-14(10-13)19(24)23-16-6-8-22-9-7-16;3-2(4,5)1(6)7/h1-11H,12H2,(H,22,23,24);(H,6,7). The minimum atomic E-state index is -5.08. The van der Waals surface area contributed by atoms with E-state index in [0.29, 0.717) is 27.0 Å². The number of pyridine rings is 1. The molecule has 0 atom stereocenters. The van der Waals surface area contributed by atoms with E-state index in [1.165, 1.54) is 0 Å². The Morgan fingerprint density at radius 2 is 1.69 bits per heavy atom. The predicted octanol–water partition coefficient (Wildman–Crippen LogP) is 5.85. The van der Waals surface area contributed by atoms with Gasteiger partial charge in [-0.25, -0.2) is 4.79 Å². The summed E-state index contributed by atoms with van der Waals surface area (Å²) in [6.45, 7) is 0.274. The minimum absolute atomic E-state index is 0.200. The average molecular weight is 487 g/mol. The van der Waals surface area contributed by atoms with Gasteiger partial charge in [-0.1, -0.05) is 35.3 Å². The van der Waals surface area contributed by atoms with Crippen molar-refractivity contribution in [2.75, 3.05) is 5.32 Å². The molecule has 0 radical (unpaired) electrons. The van der Waals surface area contributed by atoms with Gasteiger partial charge >= 0.3 is 12.1 Å². The summed E-state index contributed by atoms with van der Waals surface area (Å²) in [5.41, 5.74) is 2.07. The van der Waals surface area contributed by atoms with Crippen molar-refractivity contribution in [3.8, 4) is 5.75 Å². The highest BCUT2D eigenvalue weighted by Gasteiger charge is 2.38. The first kappa shape index (κ1) is 25.0. The van der Waals surface area contributed by atoms with Gasteiger partial charge in [0, 0.05) is 34.7 Å². The number of halogens is 5. The molecular formula is C21H15Cl2F3N2O4. The first-order valence-corrected chi connectivity index (χ1v) is 9.50. The van der Waals surface area contributed by atoms with Gasteiger partial charge in [0.25, 0.3) is 5.91 Å². The van der Waals surface area contributed by atoms with E-state index in [1.807, 2.05) is 6.07 Å². The number of nitrogens with zero attached hydrogens (tertiary/aromatic N) is 1. The van der Waals surface area contributed by atoms with Crippen LogP contribution in [-0.4, -0.2) is 28.1 Å². The highest BCUT2D eigenvalue weighted by Crippen LogP contribution is 2.28. The molecule has 0 saturated heterocycles. The Morgan fingerprint density at radius 1 is 1.03 bits per heavy atom. The van der Waals surface area contributed by atoms with Crippen molar-refractivity contribution in [1.82, 2.24) is 4.98 Å². The highest BCUT2D eigenvalue weighted by atomic mass is 35.5. The SMILES string of the molecule is O=C(Nc1ccncc1)c1cccc(COc2cc(Cl)ccc2Cl)c1.O=C(O)C(F)(F)F. The number of rotatable bonds is 5. The fourth-order valence-electron chi connectivity index (χ4n) is 2.19. The maximum atomic E-state index is 12.3. The third kappa shape index (κ3) is 8.09. The number of carboxylic acids is 1. The van der Waals surface area contributed by atoms with Gasteiger partial charge < -0.3 is 15.2 Å². The molecule has 3 aromatic rings. The van der Waals surface area contributed by atoms with E-state index < -0.39 is 12.1 Å². The molecule has 168 valence electrons. The van der Waals surface area contributed by atoms with Gasteiger partial charge in [0.15, 0.2) is 0 Å². The minimum Gasteiger partial charge on any atom is -0.487 e. The molecule has 2 N–H and O–H groups in total. The van der Waals surface area contributed by atoms with Crippen LogP contribution in [0.25, 0.3) is 0 Å². The number of nitrogens with one attached hydrogen (secondary N) is 1. The summed E-state index contributed by atoms with van der Waals surface area (Å²) in [7, 11) is 0. The van der Waals surface area contributed by atoms with Crippen molar-refractivity contribution in [2.24, 2.45) is 0 Å². The van der Waals surface area contributed by atoms with Crippen LogP contribution in [0.2, 0.25) is 10.0 Å². The maximum absolute atomic E-state index is 12.3. The first-order chi connectivity index (χ1) is 15.1. The number of carbonyl (C=O) groups is 2. The fraction of sp³-hybridized carbons (Fsp3) is 0.0952. The lowest BCUT2D eigenvalue weighted by Gasteiger charge is -2.10. The summed E-state index contributed by atoms with van der Waals surface area (Å²) >= 11 is 12.0. The molecule has 0 saturated carbocycles. The largest absolute Gasteiger partial charge is 0.490 e. The van der Waals surface area contributed by atoms with Gasteiger partial charge in [-0.15, -0.1) is 0 Å². The molecule has 1 amide bonds. The summed E-state index contributed by atoms with van der Waals surface area (Å²) in [4.78, 5) is 25.1. The second-order valence-corrected chi connectivity index (χ2v) is 6.90. The number of ether oxygens (including phenoxy) is 1. The molecule has 0 aliphatic carbocycles. The maximum Gasteiger partial charge on any atom is 0.490 e. The van der Waals surface area contributed by atoms with Crippen LogP contribution in [0.3, 0.4) is 0 Å². The van der Waals surface area contributed by atoms with Gasteiger partial charge in [0.1, 0.15) is 12.4 Å². The Morgan fingerprint density at radius 3 is 2.31 bits per heavy atom. The van der Waals surface area contributed by atoms with E-state index in [2.05, 4.69) is 10.3 Å². The number of carbonyl (C=O) groups excluding carboxylic acids is 1. The average Bonchev–Trinajstić information content (AvgIpc) is 2.75. The number of hydrogen-bond donors (Lipinski definition) is 2. The Kier molecular flexibility index (Phi) is 8.86. The molecule has 6 nitrogen and oxygen atoms in total.